The molecule has 1 N–H and O–H groups in total. The van der Waals surface area contributed by atoms with Gasteiger partial charge in [0.2, 0.25) is 11.8 Å². The number of nitrogens with zero attached hydrogens (tertiary/aromatic N) is 1. The van der Waals surface area contributed by atoms with Gasteiger partial charge in [-0.15, -0.1) is 0 Å². The minimum atomic E-state index is -0.641. The standard InChI is InChI=1S/C30H35ClN2O2/c1-22-10-12-23(13-11-22)16-19-28(34)33(21-25-14-17-26(31)18-15-25)27(29(35)32-30(2,3)4)20-24-8-6-5-7-9-24/h5-15,17-18,27H,16,19-21H2,1-4H3,(H,32,35). The number of amides is 2. The summed E-state index contributed by atoms with van der Waals surface area (Å²) < 4.78 is 0. The van der Waals surface area contributed by atoms with Crippen molar-refractivity contribution < 1.29 is 9.59 Å². The van der Waals surface area contributed by atoms with Crippen molar-refractivity contribution in [3.63, 3.8) is 0 Å². The van der Waals surface area contributed by atoms with Crippen molar-refractivity contribution in [2.75, 3.05) is 0 Å². The van der Waals surface area contributed by atoms with Gasteiger partial charge in [-0.05, 0) is 62.9 Å². The van der Waals surface area contributed by atoms with Gasteiger partial charge in [-0.1, -0.05) is 83.9 Å². The molecule has 3 aromatic rings. The first-order valence-electron chi connectivity index (χ1n) is 12.1. The van der Waals surface area contributed by atoms with Gasteiger partial charge in [0, 0.05) is 29.9 Å². The molecule has 5 heteroatoms. The zero-order valence-corrected chi connectivity index (χ0v) is 21.8. The molecular weight excluding hydrogens is 456 g/mol. The van der Waals surface area contributed by atoms with E-state index in [0.717, 1.165) is 16.7 Å². The quantitative estimate of drug-likeness (QED) is 0.392. The molecule has 184 valence electrons. The number of nitrogens with one attached hydrogen (secondary N) is 1. The Balaban J connectivity index is 1.91. The first-order valence-corrected chi connectivity index (χ1v) is 12.4. The lowest BCUT2D eigenvalue weighted by Crippen LogP contribution is -2.54. The van der Waals surface area contributed by atoms with Crippen LogP contribution in [0.15, 0.2) is 78.9 Å². The van der Waals surface area contributed by atoms with Crippen molar-refractivity contribution in [2.45, 2.75) is 65.1 Å². The Labute approximate surface area is 214 Å². The summed E-state index contributed by atoms with van der Waals surface area (Å²) in [5, 5.41) is 3.73. The second-order valence-corrected chi connectivity index (χ2v) is 10.5. The average Bonchev–Trinajstić information content (AvgIpc) is 2.81. The summed E-state index contributed by atoms with van der Waals surface area (Å²) in [5.41, 5.74) is 3.82. The van der Waals surface area contributed by atoms with Crippen LogP contribution in [-0.2, 0) is 29.0 Å². The molecule has 0 heterocycles. The summed E-state index contributed by atoms with van der Waals surface area (Å²) in [6.07, 6.45) is 1.38. The Bertz CT molecular complexity index is 1100. The number of aryl methyl sites for hydroxylation is 2. The minimum absolute atomic E-state index is 0.0504. The van der Waals surface area contributed by atoms with Gasteiger partial charge in [-0.25, -0.2) is 0 Å². The van der Waals surface area contributed by atoms with E-state index in [1.54, 1.807) is 4.90 Å². The highest BCUT2D eigenvalue weighted by Crippen LogP contribution is 2.19. The summed E-state index contributed by atoms with van der Waals surface area (Å²) in [6, 6.07) is 24.9. The predicted octanol–water partition coefficient (Wildman–Crippen LogP) is 6.14. The van der Waals surface area contributed by atoms with E-state index < -0.39 is 11.6 Å². The van der Waals surface area contributed by atoms with Crippen LogP contribution in [0.4, 0.5) is 0 Å². The lowest BCUT2D eigenvalue weighted by atomic mass is 9.99. The molecule has 0 radical (unpaired) electrons. The van der Waals surface area contributed by atoms with Gasteiger partial charge in [0.05, 0.1) is 0 Å². The topological polar surface area (TPSA) is 49.4 Å². The van der Waals surface area contributed by atoms with Crippen molar-refractivity contribution in [2.24, 2.45) is 0 Å². The summed E-state index contributed by atoms with van der Waals surface area (Å²) in [5.74, 6) is -0.204. The van der Waals surface area contributed by atoms with Gasteiger partial charge in [-0.2, -0.15) is 0 Å². The Hall–Kier alpha value is -3.11. The fraction of sp³-hybridized carbons (Fsp3) is 0.333. The van der Waals surface area contributed by atoms with E-state index in [0.29, 0.717) is 30.8 Å². The first-order chi connectivity index (χ1) is 16.6. The Kier molecular flexibility index (Phi) is 9.11. The lowest BCUT2D eigenvalue weighted by molar-refractivity contribution is -0.141. The van der Waals surface area contributed by atoms with Gasteiger partial charge >= 0.3 is 0 Å². The fourth-order valence-corrected chi connectivity index (χ4v) is 4.07. The number of hydrogen-bond acceptors (Lipinski definition) is 2. The van der Waals surface area contributed by atoms with E-state index in [1.807, 2.05) is 82.3 Å². The van der Waals surface area contributed by atoms with Crippen LogP contribution in [0.25, 0.3) is 0 Å². The van der Waals surface area contributed by atoms with Crippen LogP contribution in [0, 0.1) is 6.92 Å². The minimum Gasteiger partial charge on any atom is -0.350 e. The number of hydrogen-bond donors (Lipinski definition) is 1. The van der Waals surface area contributed by atoms with Gasteiger partial charge in [0.1, 0.15) is 6.04 Å². The summed E-state index contributed by atoms with van der Waals surface area (Å²) in [4.78, 5) is 28.9. The van der Waals surface area contributed by atoms with Crippen molar-refractivity contribution in [1.29, 1.82) is 0 Å². The van der Waals surface area contributed by atoms with E-state index in [-0.39, 0.29) is 11.8 Å². The van der Waals surface area contributed by atoms with Crippen molar-refractivity contribution in [3.05, 3.63) is 106 Å². The monoisotopic (exact) mass is 490 g/mol. The molecule has 0 saturated heterocycles. The molecule has 2 amide bonds. The molecule has 3 rings (SSSR count). The molecule has 0 fully saturated rings. The normalized spacial score (nSPS) is 12.1. The van der Waals surface area contributed by atoms with Crippen LogP contribution in [-0.4, -0.2) is 28.3 Å². The van der Waals surface area contributed by atoms with Gasteiger partial charge in [-0.3, -0.25) is 9.59 Å². The molecule has 4 nitrogen and oxygen atoms in total. The number of halogens is 1. The number of benzene rings is 3. The highest BCUT2D eigenvalue weighted by molar-refractivity contribution is 6.30. The van der Waals surface area contributed by atoms with E-state index >= 15 is 0 Å². The van der Waals surface area contributed by atoms with Crippen molar-refractivity contribution in [3.8, 4) is 0 Å². The Morgan fingerprint density at radius 1 is 0.857 bits per heavy atom. The molecule has 0 aliphatic carbocycles. The predicted molar refractivity (Wildman–Crippen MR) is 143 cm³/mol. The van der Waals surface area contributed by atoms with Crippen molar-refractivity contribution >= 4 is 23.4 Å². The van der Waals surface area contributed by atoms with Crippen LogP contribution in [0.5, 0.6) is 0 Å². The second kappa shape index (κ2) is 12.0. The van der Waals surface area contributed by atoms with Crippen molar-refractivity contribution in [1.82, 2.24) is 10.2 Å². The molecule has 0 saturated carbocycles. The molecular formula is C30H35ClN2O2. The lowest BCUT2D eigenvalue weighted by Gasteiger charge is -2.34. The highest BCUT2D eigenvalue weighted by Gasteiger charge is 2.32. The van der Waals surface area contributed by atoms with E-state index in [9.17, 15) is 9.59 Å². The van der Waals surface area contributed by atoms with Crippen LogP contribution >= 0.6 is 11.6 Å². The largest absolute Gasteiger partial charge is 0.350 e. The summed E-state index contributed by atoms with van der Waals surface area (Å²) in [7, 11) is 0. The smallest absolute Gasteiger partial charge is 0.243 e. The van der Waals surface area contributed by atoms with E-state index in [2.05, 4.69) is 29.6 Å². The number of rotatable bonds is 9. The first kappa shape index (κ1) is 26.5. The second-order valence-electron chi connectivity index (χ2n) is 10.1. The number of carbonyl (C=O) groups is 2. The molecule has 0 aliphatic rings. The molecule has 0 spiro atoms. The molecule has 0 aliphatic heterocycles. The number of carbonyl (C=O) groups excluding carboxylic acids is 2. The average molecular weight is 491 g/mol. The Morgan fingerprint density at radius 2 is 1.46 bits per heavy atom. The van der Waals surface area contributed by atoms with Crippen LogP contribution in [0.2, 0.25) is 5.02 Å². The van der Waals surface area contributed by atoms with Crippen LogP contribution in [0.3, 0.4) is 0 Å². The van der Waals surface area contributed by atoms with E-state index in [4.69, 9.17) is 11.6 Å². The van der Waals surface area contributed by atoms with Crippen LogP contribution < -0.4 is 5.32 Å². The zero-order valence-electron chi connectivity index (χ0n) is 21.1. The van der Waals surface area contributed by atoms with E-state index in [1.165, 1.54) is 5.56 Å². The molecule has 1 atom stereocenters. The van der Waals surface area contributed by atoms with Gasteiger partial charge in [0.25, 0.3) is 0 Å². The van der Waals surface area contributed by atoms with Crippen LogP contribution in [0.1, 0.15) is 49.4 Å². The zero-order chi connectivity index (χ0) is 25.4. The van der Waals surface area contributed by atoms with Gasteiger partial charge < -0.3 is 10.2 Å². The molecule has 3 aromatic carbocycles. The fourth-order valence-electron chi connectivity index (χ4n) is 3.94. The molecule has 0 aromatic heterocycles. The SMILES string of the molecule is Cc1ccc(CCC(=O)N(Cc2ccc(Cl)cc2)C(Cc2ccccc2)C(=O)NC(C)(C)C)cc1. The molecule has 35 heavy (non-hydrogen) atoms. The maximum atomic E-state index is 13.7. The summed E-state index contributed by atoms with van der Waals surface area (Å²) >= 11 is 6.09. The maximum absolute atomic E-state index is 13.7. The maximum Gasteiger partial charge on any atom is 0.243 e. The Morgan fingerprint density at radius 3 is 2.06 bits per heavy atom. The summed E-state index contributed by atoms with van der Waals surface area (Å²) in [6.45, 7) is 8.23. The third-order valence-corrected chi connectivity index (χ3v) is 6.04. The third-order valence-electron chi connectivity index (χ3n) is 5.78. The molecule has 1 unspecified atom stereocenters. The highest BCUT2D eigenvalue weighted by atomic mass is 35.5. The third kappa shape index (κ3) is 8.56. The molecule has 0 bridgehead atoms. The van der Waals surface area contributed by atoms with Gasteiger partial charge in [0.15, 0.2) is 0 Å².